The van der Waals surface area contributed by atoms with E-state index in [0.717, 1.165) is 5.02 Å². The molecule has 1 aromatic carbocycles. The van der Waals surface area contributed by atoms with E-state index in [1.807, 2.05) is 0 Å². The molecule has 0 heterocycles. The molecule has 0 amide bonds. The van der Waals surface area contributed by atoms with Crippen LogP contribution in [0.1, 0.15) is 6.92 Å². The van der Waals surface area contributed by atoms with Gasteiger partial charge in [-0.15, -0.1) is 28.6 Å². The van der Waals surface area contributed by atoms with Crippen molar-refractivity contribution < 1.29 is 0 Å². The van der Waals surface area contributed by atoms with Crippen LogP contribution in [0.4, 0.5) is 0 Å². The van der Waals surface area contributed by atoms with Gasteiger partial charge >= 0.3 is 23.1 Å². The summed E-state index contributed by atoms with van der Waals surface area (Å²) in [6, 6.07) is 10.00. The molecule has 58 valence electrons. The zero-order valence-corrected chi connectivity index (χ0v) is 10.4. The molecule has 0 N–H and O–H groups in total. The Morgan fingerprint density at radius 3 is 1.82 bits per heavy atom. The molecular weight excluding hydrogens is 236 g/mol. The van der Waals surface area contributed by atoms with E-state index in [-0.39, 0.29) is 40.0 Å². The van der Waals surface area contributed by atoms with Gasteiger partial charge in [-0.1, -0.05) is 5.02 Å². The molecule has 0 fully saturated rings. The maximum atomic E-state index is 5.52. The third-order valence-electron chi connectivity index (χ3n) is 0.678. The number of halogens is 2. The maximum Gasteiger partial charge on any atom is 2.00 e. The Kier molecular flexibility index (Phi) is 21.5. The summed E-state index contributed by atoms with van der Waals surface area (Å²) in [5, 5.41) is 0.763. The van der Waals surface area contributed by atoms with Gasteiger partial charge in [-0.3, -0.25) is 0 Å². The molecule has 0 atom stereocenters. The van der Waals surface area contributed by atoms with Gasteiger partial charge in [0.25, 0.3) is 0 Å². The molecule has 0 saturated carbocycles. The van der Waals surface area contributed by atoms with Gasteiger partial charge in [0.2, 0.25) is 0 Å². The minimum atomic E-state index is 0. The molecule has 1 aromatic rings. The fourth-order valence-corrected chi connectivity index (χ4v) is 0.493. The van der Waals surface area contributed by atoms with Crippen LogP contribution in [0.15, 0.2) is 24.3 Å². The van der Waals surface area contributed by atoms with Crippen molar-refractivity contribution in [2.75, 3.05) is 0 Å². The molecule has 0 bridgehead atoms. The standard InChI is InChI=1S/C6H4Cl.C2H5.BrH.Mg/c7-6-4-2-1-3-5-6;1-2;;/h2-5H;1H2,2H3;1H;/q2*-1;;+2. The first-order valence-corrected chi connectivity index (χ1v) is 3.10. The first kappa shape index (κ1) is 17.7. The topological polar surface area (TPSA) is 0 Å². The van der Waals surface area contributed by atoms with Gasteiger partial charge in [-0.05, 0) is 0 Å². The van der Waals surface area contributed by atoms with Crippen molar-refractivity contribution in [3.63, 3.8) is 0 Å². The Balaban J connectivity index is -0.000000149. The average molecular weight is 246 g/mol. The minimum absolute atomic E-state index is 0. The zero-order valence-electron chi connectivity index (χ0n) is 6.51. The number of rotatable bonds is 0. The Labute approximate surface area is 100 Å². The van der Waals surface area contributed by atoms with E-state index in [4.69, 9.17) is 11.6 Å². The van der Waals surface area contributed by atoms with Gasteiger partial charge in [0.1, 0.15) is 0 Å². The van der Waals surface area contributed by atoms with Crippen molar-refractivity contribution in [1.82, 2.24) is 0 Å². The van der Waals surface area contributed by atoms with E-state index in [9.17, 15) is 0 Å². The summed E-state index contributed by atoms with van der Waals surface area (Å²) in [6.45, 7) is 5.00. The molecule has 0 aliphatic heterocycles. The summed E-state index contributed by atoms with van der Waals surface area (Å²) in [6.07, 6.45) is 0. The predicted molar refractivity (Wildman–Crippen MR) is 57.4 cm³/mol. The first-order chi connectivity index (χ1) is 4.39. The second-order valence-electron chi connectivity index (χ2n) is 1.22. The van der Waals surface area contributed by atoms with E-state index < -0.39 is 0 Å². The van der Waals surface area contributed by atoms with Crippen molar-refractivity contribution in [3.8, 4) is 0 Å². The molecule has 11 heavy (non-hydrogen) atoms. The fourth-order valence-electron chi connectivity index (χ4n) is 0.367. The largest absolute Gasteiger partial charge is 2.00 e. The van der Waals surface area contributed by atoms with Crippen LogP contribution in [-0.4, -0.2) is 23.1 Å². The summed E-state index contributed by atoms with van der Waals surface area (Å²) in [5.74, 6) is 0. The predicted octanol–water partition coefficient (Wildman–Crippen LogP) is 3.18. The smallest absolute Gasteiger partial charge is 0.346 e. The van der Waals surface area contributed by atoms with Crippen LogP contribution in [0.5, 0.6) is 0 Å². The van der Waals surface area contributed by atoms with E-state index in [2.05, 4.69) is 13.0 Å². The Bertz CT molecular complexity index is 144. The molecule has 0 unspecified atom stereocenters. The third-order valence-corrected chi connectivity index (χ3v) is 0.930. The van der Waals surface area contributed by atoms with E-state index in [1.165, 1.54) is 0 Å². The van der Waals surface area contributed by atoms with Gasteiger partial charge in [-0.2, -0.15) is 37.3 Å². The van der Waals surface area contributed by atoms with Gasteiger partial charge in [0.15, 0.2) is 0 Å². The number of hydrogen-bond acceptors (Lipinski definition) is 0. The molecule has 0 saturated heterocycles. The molecule has 0 aromatic heterocycles. The molecule has 0 radical (unpaired) electrons. The van der Waals surface area contributed by atoms with Crippen molar-refractivity contribution in [2.45, 2.75) is 6.92 Å². The van der Waals surface area contributed by atoms with Gasteiger partial charge in [0, 0.05) is 0 Å². The average Bonchev–Trinajstić information content (AvgIpc) is 1.94. The Hall–Kier alpha value is 0.756. The van der Waals surface area contributed by atoms with Crippen LogP contribution in [0.3, 0.4) is 0 Å². The van der Waals surface area contributed by atoms with E-state index in [0.29, 0.717) is 0 Å². The first-order valence-electron chi connectivity index (χ1n) is 2.72. The minimum Gasteiger partial charge on any atom is -0.346 e. The van der Waals surface area contributed by atoms with Crippen molar-refractivity contribution in [1.29, 1.82) is 0 Å². The molecule has 0 aliphatic carbocycles. The fraction of sp³-hybridized carbons (Fsp3) is 0.125. The quantitative estimate of drug-likeness (QED) is 0.487. The van der Waals surface area contributed by atoms with Crippen LogP contribution >= 0.6 is 28.6 Å². The summed E-state index contributed by atoms with van der Waals surface area (Å²) in [7, 11) is 0. The summed E-state index contributed by atoms with van der Waals surface area (Å²) in [4.78, 5) is 0. The summed E-state index contributed by atoms with van der Waals surface area (Å²) >= 11 is 5.52. The summed E-state index contributed by atoms with van der Waals surface area (Å²) < 4.78 is 0. The Morgan fingerprint density at radius 1 is 1.27 bits per heavy atom. The van der Waals surface area contributed by atoms with E-state index >= 15 is 0 Å². The third kappa shape index (κ3) is 10.8. The molecule has 3 heteroatoms. The molecular formula is C8H10BrClMg. The molecule has 0 nitrogen and oxygen atoms in total. The monoisotopic (exact) mass is 244 g/mol. The Morgan fingerprint density at radius 2 is 1.64 bits per heavy atom. The van der Waals surface area contributed by atoms with Crippen LogP contribution in [-0.2, 0) is 0 Å². The van der Waals surface area contributed by atoms with Gasteiger partial charge < -0.3 is 6.92 Å². The van der Waals surface area contributed by atoms with Crippen molar-refractivity contribution in [2.24, 2.45) is 0 Å². The van der Waals surface area contributed by atoms with Crippen molar-refractivity contribution in [3.05, 3.63) is 42.3 Å². The van der Waals surface area contributed by atoms with Crippen LogP contribution in [0.25, 0.3) is 0 Å². The molecule has 0 spiro atoms. The second kappa shape index (κ2) is 13.4. The summed E-state index contributed by atoms with van der Waals surface area (Å²) in [5.41, 5.74) is 0. The number of benzene rings is 1. The van der Waals surface area contributed by atoms with Gasteiger partial charge in [-0.25, -0.2) is 0 Å². The van der Waals surface area contributed by atoms with Crippen LogP contribution in [0.2, 0.25) is 5.02 Å². The molecule has 0 aliphatic rings. The molecule has 1 rings (SSSR count). The second-order valence-corrected chi connectivity index (χ2v) is 1.65. The van der Waals surface area contributed by atoms with Crippen LogP contribution < -0.4 is 0 Å². The maximum absolute atomic E-state index is 5.52. The SMILES string of the molecule is Br.Clc1cc[c-]cc1.[CH2-]C.[Mg+2]. The normalized spacial score (nSPS) is 6.09. The zero-order chi connectivity index (χ0) is 7.11. The van der Waals surface area contributed by atoms with E-state index in [1.54, 1.807) is 31.2 Å². The number of hydrogen-bond donors (Lipinski definition) is 0. The van der Waals surface area contributed by atoms with Gasteiger partial charge in [0.05, 0.1) is 0 Å². The van der Waals surface area contributed by atoms with Crippen LogP contribution in [0, 0.1) is 13.0 Å². The van der Waals surface area contributed by atoms with Crippen molar-refractivity contribution >= 4 is 51.6 Å².